The van der Waals surface area contributed by atoms with Gasteiger partial charge in [-0.15, -0.1) is 0 Å². The molecular weight excluding hydrogens is 98.1 g/mol. The van der Waals surface area contributed by atoms with E-state index in [4.69, 9.17) is 0 Å². The minimum Gasteiger partial charge on any atom is -0.302 e. The lowest BCUT2D eigenvalue weighted by Gasteiger charge is -2.02. The second-order valence-electron chi connectivity index (χ2n) is 3.91. The Bertz CT molecular complexity index is 140. The van der Waals surface area contributed by atoms with Crippen LogP contribution in [0.15, 0.2) is 0 Å². The van der Waals surface area contributed by atoms with Crippen molar-refractivity contribution in [3.05, 3.63) is 0 Å². The van der Waals surface area contributed by atoms with Gasteiger partial charge < -0.3 is 4.90 Å². The lowest BCUT2D eigenvalue weighted by molar-refractivity contribution is 0.400. The van der Waals surface area contributed by atoms with Crippen LogP contribution < -0.4 is 0 Å². The number of hydrogen-bond donors (Lipinski definition) is 0. The summed E-state index contributed by atoms with van der Waals surface area (Å²) in [6, 6.07) is 0. The molecule has 0 aromatic heterocycles. The summed E-state index contributed by atoms with van der Waals surface area (Å²) in [5, 5.41) is 0. The first-order valence-corrected chi connectivity index (χ1v) is 3.53. The van der Waals surface area contributed by atoms with Gasteiger partial charge in [0.05, 0.1) is 0 Å². The molecule has 1 nitrogen and oxygen atoms in total. The van der Waals surface area contributed by atoms with Crippen molar-refractivity contribution in [1.82, 2.24) is 4.90 Å². The lowest BCUT2D eigenvalue weighted by atomic mass is 10.1. The molecule has 0 radical (unpaired) electrons. The Kier molecular flexibility index (Phi) is 0.372. The second kappa shape index (κ2) is 0.766. The molecule has 0 amide bonds. The lowest BCUT2D eigenvalue weighted by Crippen LogP contribution is -2.12. The molecule has 4 fully saturated rings. The average molecular weight is 109 g/mol. The van der Waals surface area contributed by atoms with E-state index < -0.39 is 0 Å². The topological polar surface area (TPSA) is 3.24 Å². The summed E-state index contributed by atoms with van der Waals surface area (Å²) < 4.78 is 0. The van der Waals surface area contributed by atoms with Crippen molar-refractivity contribution in [3.8, 4) is 0 Å². The van der Waals surface area contributed by atoms with Crippen molar-refractivity contribution in [2.45, 2.75) is 6.92 Å². The molecule has 4 rings (SSSR count). The fourth-order valence-electron chi connectivity index (χ4n) is 2.91. The molecule has 44 valence electrons. The van der Waals surface area contributed by atoms with E-state index in [1.807, 2.05) is 0 Å². The summed E-state index contributed by atoms with van der Waals surface area (Å²) in [7, 11) is 0. The Balaban J connectivity index is 2.16. The average Bonchev–Trinajstić information content (AvgIpc) is 2.11. The first kappa shape index (κ1) is 3.89. The molecule has 3 saturated heterocycles. The highest BCUT2D eigenvalue weighted by molar-refractivity contribution is 5.21. The van der Waals surface area contributed by atoms with Crippen LogP contribution in [0.25, 0.3) is 0 Å². The van der Waals surface area contributed by atoms with Gasteiger partial charge in [-0.3, -0.25) is 0 Å². The predicted molar refractivity (Wildman–Crippen MR) is 31.5 cm³/mol. The molecule has 0 spiro atoms. The zero-order valence-electron chi connectivity index (χ0n) is 5.22. The molecule has 4 aliphatic rings. The van der Waals surface area contributed by atoms with Crippen molar-refractivity contribution in [2.24, 2.45) is 17.3 Å². The molecule has 0 N–H and O–H groups in total. The molecule has 2 unspecified atom stereocenters. The molecule has 1 heteroatoms. The van der Waals surface area contributed by atoms with Crippen LogP contribution in [0.4, 0.5) is 0 Å². The van der Waals surface area contributed by atoms with Crippen LogP contribution in [-0.4, -0.2) is 24.5 Å². The SMILES string of the molecule is CC12CN3CC1C2C3. The van der Waals surface area contributed by atoms with Gasteiger partial charge in [-0.2, -0.15) is 0 Å². The minimum absolute atomic E-state index is 0.819. The quantitative estimate of drug-likeness (QED) is 0.439. The minimum atomic E-state index is 0.819. The van der Waals surface area contributed by atoms with Gasteiger partial charge in [-0.1, -0.05) is 6.92 Å². The zero-order chi connectivity index (χ0) is 5.35. The third-order valence-electron chi connectivity index (χ3n) is 3.54. The summed E-state index contributed by atoms with van der Waals surface area (Å²) in [6.45, 7) is 6.74. The number of hydrogen-bond acceptors (Lipinski definition) is 1. The maximum Gasteiger partial charge on any atom is 0.00421 e. The van der Waals surface area contributed by atoms with Crippen molar-refractivity contribution in [1.29, 1.82) is 0 Å². The Labute approximate surface area is 49.7 Å². The van der Waals surface area contributed by atoms with Crippen LogP contribution in [0.2, 0.25) is 0 Å². The van der Waals surface area contributed by atoms with Crippen molar-refractivity contribution >= 4 is 0 Å². The zero-order valence-corrected chi connectivity index (χ0v) is 5.22. The molecule has 0 aromatic rings. The van der Waals surface area contributed by atoms with Crippen LogP contribution in [0.5, 0.6) is 0 Å². The highest BCUT2D eigenvalue weighted by Crippen LogP contribution is 2.68. The Morgan fingerprint density at radius 1 is 1.38 bits per heavy atom. The van der Waals surface area contributed by atoms with Gasteiger partial charge in [0.1, 0.15) is 0 Å². The molecule has 4 bridgehead atoms. The van der Waals surface area contributed by atoms with Gasteiger partial charge in [0.15, 0.2) is 0 Å². The standard InChI is InChI=1S/C7H11N/c1-7-4-8-2-5(7)6(7)3-8/h5-6H,2-4H2,1H3. The fourth-order valence-corrected chi connectivity index (χ4v) is 2.91. The molecule has 2 atom stereocenters. The van der Waals surface area contributed by atoms with Gasteiger partial charge >= 0.3 is 0 Å². The molecule has 8 heavy (non-hydrogen) atoms. The highest BCUT2D eigenvalue weighted by atomic mass is 15.3. The van der Waals surface area contributed by atoms with E-state index in [9.17, 15) is 0 Å². The molecule has 1 aliphatic carbocycles. The fraction of sp³-hybridized carbons (Fsp3) is 1.00. The monoisotopic (exact) mass is 109 g/mol. The molecule has 0 aromatic carbocycles. The Hall–Kier alpha value is -0.0400. The summed E-state index contributed by atoms with van der Waals surface area (Å²) in [5.41, 5.74) is 0.819. The predicted octanol–water partition coefficient (Wildman–Crippen LogP) is 0.568. The van der Waals surface area contributed by atoms with E-state index in [0.29, 0.717) is 0 Å². The van der Waals surface area contributed by atoms with Gasteiger partial charge in [0, 0.05) is 19.6 Å². The number of nitrogens with zero attached hydrogens (tertiary/aromatic N) is 1. The largest absolute Gasteiger partial charge is 0.302 e. The summed E-state index contributed by atoms with van der Waals surface area (Å²) in [6.07, 6.45) is 0. The Morgan fingerprint density at radius 2 is 2.00 bits per heavy atom. The van der Waals surface area contributed by atoms with E-state index in [0.717, 1.165) is 17.3 Å². The molecule has 3 aliphatic heterocycles. The van der Waals surface area contributed by atoms with Gasteiger partial charge in [0.25, 0.3) is 0 Å². The highest BCUT2D eigenvalue weighted by Gasteiger charge is 2.71. The van der Waals surface area contributed by atoms with Crippen LogP contribution in [-0.2, 0) is 0 Å². The smallest absolute Gasteiger partial charge is 0.00421 e. The summed E-state index contributed by atoms with van der Waals surface area (Å²) in [5.74, 6) is 2.25. The van der Waals surface area contributed by atoms with E-state index in [2.05, 4.69) is 11.8 Å². The molecule has 3 heterocycles. The first-order valence-electron chi connectivity index (χ1n) is 3.53. The Morgan fingerprint density at radius 3 is 2.12 bits per heavy atom. The number of piperidine rings is 3. The molecular formula is C7H11N. The van der Waals surface area contributed by atoms with Crippen LogP contribution in [0, 0.1) is 17.3 Å². The normalized spacial score (nSPS) is 73.9. The van der Waals surface area contributed by atoms with Gasteiger partial charge in [-0.05, 0) is 17.3 Å². The third kappa shape index (κ3) is 0.202. The van der Waals surface area contributed by atoms with Crippen LogP contribution >= 0.6 is 0 Å². The maximum atomic E-state index is 2.61. The van der Waals surface area contributed by atoms with E-state index >= 15 is 0 Å². The van der Waals surface area contributed by atoms with Crippen molar-refractivity contribution in [2.75, 3.05) is 19.6 Å². The summed E-state index contributed by atoms with van der Waals surface area (Å²) in [4.78, 5) is 2.61. The van der Waals surface area contributed by atoms with E-state index in [1.165, 1.54) is 19.6 Å². The van der Waals surface area contributed by atoms with Crippen LogP contribution in [0.1, 0.15) is 6.92 Å². The van der Waals surface area contributed by atoms with Gasteiger partial charge in [0.2, 0.25) is 0 Å². The van der Waals surface area contributed by atoms with Crippen molar-refractivity contribution < 1.29 is 0 Å². The van der Waals surface area contributed by atoms with Gasteiger partial charge in [-0.25, -0.2) is 0 Å². The van der Waals surface area contributed by atoms with Crippen molar-refractivity contribution in [3.63, 3.8) is 0 Å². The number of rotatable bonds is 0. The first-order chi connectivity index (χ1) is 3.81. The van der Waals surface area contributed by atoms with E-state index in [1.54, 1.807) is 0 Å². The summed E-state index contributed by atoms with van der Waals surface area (Å²) >= 11 is 0. The maximum absolute atomic E-state index is 2.61. The second-order valence-corrected chi connectivity index (χ2v) is 3.91. The van der Waals surface area contributed by atoms with E-state index in [-0.39, 0.29) is 0 Å². The van der Waals surface area contributed by atoms with Crippen LogP contribution in [0.3, 0.4) is 0 Å². The molecule has 1 saturated carbocycles. The third-order valence-corrected chi connectivity index (χ3v) is 3.54.